The maximum atomic E-state index is 2.69. The van der Waals surface area contributed by atoms with Gasteiger partial charge in [-0.15, -0.1) is 0 Å². The molecule has 10 aromatic carbocycles. The van der Waals surface area contributed by atoms with E-state index in [1.165, 1.54) is 130 Å². The largest absolute Gasteiger partial charge is 0.334 e. The number of benzene rings is 10. The van der Waals surface area contributed by atoms with Crippen LogP contribution in [-0.2, 0) is 5.41 Å². The van der Waals surface area contributed by atoms with Gasteiger partial charge in [0.25, 0.3) is 0 Å². The van der Waals surface area contributed by atoms with Gasteiger partial charge in [0.2, 0.25) is 0 Å². The van der Waals surface area contributed by atoms with Crippen LogP contribution in [-0.4, -0.2) is 5.54 Å². The number of fused-ring (bicyclic) bond motifs is 4. The molecule has 1 heterocycles. The van der Waals surface area contributed by atoms with Crippen molar-refractivity contribution in [3.63, 3.8) is 0 Å². The Morgan fingerprint density at radius 1 is 0.390 bits per heavy atom. The molecule has 2 aliphatic rings. The normalized spacial score (nSPS) is 18.8. The molecule has 1 heteroatoms. The number of rotatable bonds is 5. The van der Waals surface area contributed by atoms with Crippen LogP contribution in [0.15, 0.2) is 188 Å². The zero-order valence-electron chi connectivity index (χ0n) is 33.7. The summed E-state index contributed by atoms with van der Waals surface area (Å²) in [6.07, 6.45) is 4.90. The molecule has 0 aromatic heterocycles. The molecule has 0 N–H and O–H groups in total. The fraction of sp³-hybridized carbons (Fsp3) is 0.138. The third-order valence-electron chi connectivity index (χ3n) is 14.6. The number of nitrogens with zero attached hydrogens (tertiary/aromatic N) is 1. The van der Waals surface area contributed by atoms with Crippen molar-refractivity contribution in [1.29, 1.82) is 0 Å². The Kier molecular flexibility index (Phi) is 7.51. The Balaban J connectivity index is 1.19. The van der Waals surface area contributed by atoms with Crippen molar-refractivity contribution >= 4 is 54.5 Å². The zero-order chi connectivity index (χ0) is 39.3. The lowest BCUT2D eigenvalue weighted by Crippen LogP contribution is -2.54. The van der Waals surface area contributed by atoms with Crippen LogP contribution >= 0.6 is 0 Å². The first-order valence-electron chi connectivity index (χ1n) is 21.4. The van der Waals surface area contributed by atoms with Crippen molar-refractivity contribution in [3.05, 3.63) is 194 Å². The minimum Gasteiger partial charge on any atom is -0.334 e. The van der Waals surface area contributed by atoms with E-state index < -0.39 is 0 Å². The van der Waals surface area contributed by atoms with Crippen molar-refractivity contribution in [3.8, 4) is 44.5 Å². The summed E-state index contributed by atoms with van der Waals surface area (Å²) in [7, 11) is 0. The third kappa shape index (κ3) is 4.91. The first-order valence-corrected chi connectivity index (χ1v) is 21.4. The van der Waals surface area contributed by atoms with Crippen molar-refractivity contribution in [2.24, 2.45) is 0 Å². The van der Waals surface area contributed by atoms with Crippen LogP contribution in [0.4, 0.5) is 11.4 Å². The molecule has 0 radical (unpaired) electrons. The summed E-state index contributed by atoms with van der Waals surface area (Å²) < 4.78 is 0. The van der Waals surface area contributed by atoms with Gasteiger partial charge in [0.15, 0.2) is 0 Å². The van der Waals surface area contributed by atoms with Crippen LogP contribution in [0, 0.1) is 0 Å². The zero-order valence-corrected chi connectivity index (χ0v) is 33.7. The maximum Gasteiger partial charge on any atom is 0.0517 e. The first-order chi connectivity index (χ1) is 29.0. The van der Waals surface area contributed by atoms with E-state index in [-0.39, 0.29) is 11.0 Å². The number of hydrogen-bond acceptors (Lipinski definition) is 1. The average molecular weight is 756 g/mol. The molecule has 0 bridgehead atoms. The van der Waals surface area contributed by atoms with Crippen molar-refractivity contribution in [1.82, 2.24) is 0 Å². The van der Waals surface area contributed by atoms with E-state index >= 15 is 0 Å². The van der Waals surface area contributed by atoms with Crippen LogP contribution in [0.25, 0.3) is 87.6 Å². The Hall–Kier alpha value is -6.70. The highest BCUT2D eigenvalue weighted by Gasteiger charge is 2.57. The van der Waals surface area contributed by atoms with Crippen LogP contribution in [0.2, 0.25) is 0 Å². The van der Waals surface area contributed by atoms with Gasteiger partial charge in [-0.25, -0.2) is 0 Å². The minimum atomic E-state index is -0.00271. The van der Waals surface area contributed by atoms with E-state index in [1.807, 2.05) is 0 Å². The monoisotopic (exact) mass is 755 g/mol. The lowest BCUT2D eigenvalue weighted by Gasteiger charge is -2.50. The van der Waals surface area contributed by atoms with E-state index in [9.17, 15) is 0 Å². The van der Waals surface area contributed by atoms with Gasteiger partial charge in [-0.2, -0.15) is 0 Å². The number of para-hydroxylation sites is 1. The van der Waals surface area contributed by atoms with E-state index in [4.69, 9.17) is 0 Å². The van der Waals surface area contributed by atoms with Gasteiger partial charge in [0, 0.05) is 16.8 Å². The van der Waals surface area contributed by atoms with Crippen molar-refractivity contribution in [2.75, 3.05) is 4.90 Å². The molecular formula is C58H45N. The Bertz CT molecular complexity index is 3230. The summed E-state index contributed by atoms with van der Waals surface area (Å²) in [6, 6.07) is 70.8. The highest BCUT2D eigenvalue weighted by Crippen LogP contribution is 2.61. The summed E-state index contributed by atoms with van der Waals surface area (Å²) in [5, 5.41) is 10.4. The molecule has 1 fully saturated rings. The standard InChI is InChI=1S/C58H45N/c1-57-33-14-15-34-58(57,2)59(42-23-10-5-11-24-42)54-32-27-41(35-53(54)57)51-36-49(39-17-6-3-7-18-39)45-30-31-48-52(44-26-16-22-38-21-12-13-25-43(38)44)37-50(40-19-8-4-9-20-40)46-28-29-47(51)55(45)56(46)48/h3-13,16-32,35-37H,14-15,33-34H2,1-2H3. The summed E-state index contributed by atoms with van der Waals surface area (Å²) in [5.41, 5.74) is 14.3. The summed E-state index contributed by atoms with van der Waals surface area (Å²) in [5.74, 6) is 0. The summed E-state index contributed by atoms with van der Waals surface area (Å²) in [4.78, 5) is 2.69. The molecule has 0 saturated heterocycles. The van der Waals surface area contributed by atoms with Gasteiger partial charge < -0.3 is 4.90 Å². The molecule has 1 nitrogen and oxygen atoms in total. The Morgan fingerprint density at radius 2 is 0.915 bits per heavy atom. The van der Waals surface area contributed by atoms with Gasteiger partial charge in [-0.05, 0) is 149 Å². The molecule has 1 aliphatic heterocycles. The molecule has 59 heavy (non-hydrogen) atoms. The highest BCUT2D eigenvalue weighted by molar-refractivity contribution is 6.32. The third-order valence-corrected chi connectivity index (χ3v) is 14.6. The van der Waals surface area contributed by atoms with E-state index in [2.05, 4.69) is 207 Å². The summed E-state index contributed by atoms with van der Waals surface area (Å²) >= 11 is 0. The molecule has 282 valence electrons. The van der Waals surface area contributed by atoms with Crippen LogP contribution < -0.4 is 4.90 Å². The van der Waals surface area contributed by atoms with Crippen LogP contribution in [0.5, 0.6) is 0 Å². The molecule has 0 amide bonds. The number of hydrogen-bond donors (Lipinski definition) is 0. The minimum absolute atomic E-state index is 0.00271. The molecule has 12 rings (SSSR count). The molecule has 2 unspecified atom stereocenters. The predicted octanol–water partition coefficient (Wildman–Crippen LogP) is 16.1. The Labute approximate surface area is 346 Å². The second-order valence-corrected chi connectivity index (χ2v) is 17.5. The average Bonchev–Trinajstić information content (AvgIpc) is 3.51. The van der Waals surface area contributed by atoms with E-state index in [0.717, 1.165) is 0 Å². The maximum absolute atomic E-state index is 2.69. The second kappa shape index (κ2) is 12.9. The predicted molar refractivity (Wildman–Crippen MR) is 252 cm³/mol. The van der Waals surface area contributed by atoms with Crippen LogP contribution in [0.3, 0.4) is 0 Å². The smallest absolute Gasteiger partial charge is 0.0517 e. The molecule has 0 spiro atoms. The Morgan fingerprint density at radius 3 is 1.58 bits per heavy atom. The lowest BCUT2D eigenvalue weighted by atomic mass is 9.61. The fourth-order valence-electron chi connectivity index (χ4n) is 11.5. The molecule has 2 atom stereocenters. The van der Waals surface area contributed by atoms with Gasteiger partial charge in [-0.3, -0.25) is 0 Å². The van der Waals surface area contributed by atoms with Gasteiger partial charge in [-0.1, -0.05) is 171 Å². The van der Waals surface area contributed by atoms with Gasteiger partial charge in [0.1, 0.15) is 0 Å². The fourth-order valence-corrected chi connectivity index (χ4v) is 11.5. The van der Waals surface area contributed by atoms with Gasteiger partial charge >= 0.3 is 0 Å². The molecule has 10 aromatic rings. The topological polar surface area (TPSA) is 3.24 Å². The molecular weight excluding hydrogens is 711 g/mol. The summed E-state index contributed by atoms with van der Waals surface area (Å²) in [6.45, 7) is 5.08. The second-order valence-electron chi connectivity index (χ2n) is 17.5. The van der Waals surface area contributed by atoms with Crippen molar-refractivity contribution in [2.45, 2.75) is 50.5 Å². The van der Waals surface area contributed by atoms with Gasteiger partial charge in [0.05, 0.1) is 5.54 Å². The quantitative estimate of drug-likeness (QED) is 0.158. The SMILES string of the molecule is CC12CCCCC1(C)N(c1ccccc1)c1ccc(-c3cc(-c4ccccc4)c4ccc5c(-c6cccc7ccccc67)cc(-c6ccccc6)c6ccc3c4c65)cc12. The van der Waals surface area contributed by atoms with Crippen molar-refractivity contribution < 1.29 is 0 Å². The molecule has 1 aliphatic carbocycles. The first kappa shape index (κ1) is 34.4. The van der Waals surface area contributed by atoms with Crippen LogP contribution in [0.1, 0.15) is 45.1 Å². The molecule has 1 saturated carbocycles. The van der Waals surface area contributed by atoms with E-state index in [0.29, 0.717) is 0 Å². The van der Waals surface area contributed by atoms with E-state index in [1.54, 1.807) is 0 Å². The number of anilines is 2. The highest BCUT2D eigenvalue weighted by atomic mass is 15.3. The lowest BCUT2D eigenvalue weighted by molar-refractivity contribution is 0.195.